The zero-order valence-electron chi connectivity index (χ0n) is 9.09. The number of aromatic nitrogens is 1. The average molecular weight is 235 g/mol. The number of carbonyl (C=O) groups excluding carboxylic acids is 1. The summed E-state index contributed by atoms with van der Waals surface area (Å²) in [6.07, 6.45) is 2.07. The van der Waals surface area contributed by atoms with Crippen molar-refractivity contribution in [1.82, 2.24) is 9.88 Å². The highest BCUT2D eigenvalue weighted by Crippen LogP contribution is 2.14. The van der Waals surface area contributed by atoms with Gasteiger partial charge < -0.3 is 4.90 Å². The molecule has 0 saturated heterocycles. The first-order valence-corrected chi connectivity index (χ1v) is 5.87. The molecule has 0 aliphatic rings. The molecule has 0 aliphatic heterocycles. The summed E-state index contributed by atoms with van der Waals surface area (Å²) < 4.78 is 0. The fraction of sp³-hybridized carbons (Fsp3) is 0.364. The molecule has 5 heteroatoms. The highest BCUT2D eigenvalue weighted by molar-refractivity contribution is 7.99. The number of hydrogen-bond donors (Lipinski definition) is 0. The van der Waals surface area contributed by atoms with E-state index < -0.39 is 0 Å². The predicted octanol–water partition coefficient (Wildman–Crippen LogP) is 1.55. The van der Waals surface area contributed by atoms with E-state index in [1.54, 1.807) is 18.1 Å². The molecular formula is C11H13N3OS. The molecule has 0 bridgehead atoms. The number of nitrogens with zero attached hydrogens (tertiary/aromatic N) is 3. The van der Waals surface area contributed by atoms with Crippen LogP contribution in [0, 0.1) is 11.3 Å². The molecule has 0 fully saturated rings. The van der Waals surface area contributed by atoms with Crippen LogP contribution in [0.25, 0.3) is 0 Å². The van der Waals surface area contributed by atoms with Crippen molar-refractivity contribution in [1.29, 1.82) is 5.26 Å². The number of amides is 1. The van der Waals surface area contributed by atoms with Crippen molar-refractivity contribution in [3.63, 3.8) is 0 Å². The van der Waals surface area contributed by atoms with E-state index in [1.807, 2.05) is 24.3 Å². The fourth-order valence-corrected chi connectivity index (χ4v) is 1.82. The van der Waals surface area contributed by atoms with Crippen LogP contribution in [0.2, 0.25) is 0 Å². The molecule has 0 aromatic carbocycles. The van der Waals surface area contributed by atoms with Crippen molar-refractivity contribution in [3.8, 4) is 6.07 Å². The Hall–Kier alpha value is -1.54. The SMILES string of the molecule is CN(CCC#N)C(=O)CSc1ccccn1. The van der Waals surface area contributed by atoms with E-state index in [-0.39, 0.29) is 5.91 Å². The molecule has 4 nitrogen and oxygen atoms in total. The van der Waals surface area contributed by atoms with Crippen LogP contribution in [0.1, 0.15) is 6.42 Å². The standard InChI is InChI=1S/C11H13N3OS/c1-14(8-4-6-12)11(15)9-16-10-5-2-3-7-13-10/h2-3,5,7H,4,8-9H2,1H3. The van der Waals surface area contributed by atoms with Gasteiger partial charge in [0.2, 0.25) is 5.91 Å². The van der Waals surface area contributed by atoms with Gasteiger partial charge in [-0.1, -0.05) is 17.8 Å². The van der Waals surface area contributed by atoms with E-state index in [1.165, 1.54) is 11.8 Å². The van der Waals surface area contributed by atoms with E-state index in [9.17, 15) is 4.79 Å². The minimum Gasteiger partial charge on any atom is -0.344 e. The zero-order chi connectivity index (χ0) is 11.8. The Labute approximate surface area is 99.3 Å². The molecular weight excluding hydrogens is 222 g/mol. The molecule has 0 radical (unpaired) electrons. The molecule has 1 heterocycles. The summed E-state index contributed by atoms with van der Waals surface area (Å²) in [6, 6.07) is 7.61. The summed E-state index contributed by atoms with van der Waals surface area (Å²) in [7, 11) is 1.71. The Morgan fingerprint density at radius 3 is 3.06 bits per heavy atom. The Balaban J connectivity index is 2.33. The Morgan fingerprint density at radius 1 is 1.62 bits per heavy atom. The second-order valence-corrected chi connectivity index (χ2v) is 4.18. The van der Waals surface area contributed by atoms with Crippen molar-refractivity contribution in [3.05, 3.63) is 24.4 Å². The quantitative estimate of drug-likeness (QED) is 0.726. The smallest absolute Gasteiger partial charge is 0.232 e. The van der Waals surface area contributed by atoms with Gasteiger partial charge >= 0.3 is 0 Å². The van der Waals surface area contributed by atoms with E-state index in [0.29, 0.717) is 18.7 Å². The molecule has 84 valence electrons. The number of hydrogen-bond acceptors (Lipinski definition) is 4. The van der Waals surface area contributed by atoms with Gasteiger partial charge in [-0.05, 0) is 12.1 Å². The molecule has 0 atom stereocenters. The van der Waals surface area contributed by atoms with Crippen molar-refractivity contribution in [2.75, 3.05) is 19.3 Å². The van der Waals surface area contributed by atoms with Gasteiger partial charge in [0, 0.05) is 19.8 Å². The third-order valence-electron chi connectivity index (χ3n) is 1.97. The van der Waals surface area contributed by atoms with Crippen LogP contribution in [0.4, 0.5) is 0 Å². The van der Waals surface area contributed by atoms with Crippen LogP contribution in [-0.2, 0) is 4.79 Å². The van der Waals surface area contributed by atoms with Gasteiger partial charge in [0.15, 0.2) is 0 Å². The number of pyridine rings is 1. The molecule has 1 rings (SSSR count). The molecule has 0 N–H and O–H groups in total. The van der Waals surface area contributed by atoms with E-state index >= 15 is 0 Å². The van der Waals surface area contributed by atoms with Gasteiger partial charge in [-0.3, -0.25) is 4.79 Å². The topological polar surface area (TPSA) is 57.0 Å². The monoisotopic (exact) mass is 235 g/mol. The maximum absolute atomic E-state index is 11.6. The highest BCUT2D eigenvalue weighted by atomic mass is 32.2. The second kappa shape index (κ2) is 6.85. The lowest BCUT2D eigenvalue weighted by atomic mass is 10.4. The summed E-state index contributed by atoms with van der Waals surface area (Å²) in [6.45, 7) is 0.484. The number of rotatable bonds is 5. The maximum Gasteiger partial charge on any atom is 0.232 e. The van der Waals surface area contributed by atoms with Gasteiger partial charge in [0.1, 0.15) is 0 Å². The third-order valence-corrected chi connectivity index (χ3v) is 2.89. The van der Waals surface area contributed by atoms with Gasteiger partial charge in [-0.25, -0.2) is 4.98 Å². The summed E-state index contributed by atoms with van der Waals surface area (Å²) in [5.74, 6) is 0.379. The van der Waals surface area contributed by atoms with Crippen LogP contribution in [0.3, 0.4) is 0 Å². The van der Waals surface area contributed by atoms with E-state index in [0.717, 1.165) is 5.03 Å². The van der Waals surface area contributed by atoms with Crippen LogP contribution < -0.4 is 0 Å². The van der Waals surface area contributed by atoms with Crippen LogP contribution in [0.5, 0.6) is 0 Å². The Bertz CT molecular complexity index is 375. The van der Waals surface area contributed by atoms with Crippen LogP contribution in [-0.4, -0.2) is 35.1 Å². The summed E-state index contributed by atoms with van der Waals surface area (Å²) in [4.78, 5) is 17.3. The van der Waals surface area contributed by atoms with Crippen molar-refractivity contribution < 1.29 is 4.79 Å². The third kappa shape index (κ3) is 4.32. The summed E-state index contributed by atoms with van der Waals surface area (Å²) in [5.41, 5.74) is 0. The summed E-state index contributed by atoms with van der Waals surface area (Å²) >= 11 is 1.41. The van der Waals surface area contributed by atoms with E-state index in [4.69, 9.17) is 5.26 Å². The van der Waals surface area contributed by atoms with Crippen LogP contribution in [0.15, 0.2) is 29.4 Å². The molecule has 0 saturated carbocycles. The van der Waals surface area contributed by atoms with Crippen molar-refractivity contribution in [2.45, 2.75) is 11.4 Å². The molecule has 16 heavy (non-hydrogen) atoms. The Kier molecular flexibility index (Phi) is 5.37. The number of thioether (sulfide) groups is 1. The average Bonchev–Trinajstić information content (AvgIpc) is 2.34. The second-order valence-electron chi connectivity index (χ2n) is 3.18. The van der Waals surface area contributed by atoms with Crippen molar-refractivity contribution >= 4 is 17.7 Å². The molecule has 0 spiro atoms. The van der Waals surface area contributed by atoms with Crippen LogP contribution >= 0.6 is 11.8 Å². The first-order valence-electron chi connectivity index (χ1n) is 4.89. The molecule has 1 aromatic rings. The lowest BCUT2D eigenvalue weighted by Crippen LogP contribution is -2.29. The van der Waals surface area contributed by atoms with Crippen molar-refractivity contribution in [2.24, 2.45) is 0 Å². The molecule has 0 unspecified atom stereocenters. The normalized spacial score (nSPS) is 9.50. The predicted molar refractivity (Wildman–Crippen MR) is 62.8 cm³/mol. The van der Waals surface area contributed by atoms with Gasteiger partial charge in [-0.15, -0.1) is 0 Å². The maximum atomic E-state index is 11.6. The number of carbonyl (C=O) groups is 1. The first-order chi connectivity index (χ1) is 7.74. The Morgan fingerprint density at radius 2 is 2.44 bits per heavy atom. The lowest BCUT2D eigenvalue weighted by Gasteiger charge is -2.14. The highest BCUT2D eigenvalue weighted by Gasteiger charge is 2.08. The van der Waals surface area contributed by atoms with Gasteiger partial charge in [0.05, 0.1) is 23.3 Å². The first kappa shape index (κ1) is 12.5. The molecule has 1 amide bonds. The minimum absolute atomic E-state index is 0.0194. The van der Waals surface area contributed by atoms with Gasteiger partial charge in [0.25, 0.3) is 0 Å². The lowest BCUT2D eigenvalue weighted by molar-refractivity contribution is -0.127. The molecule has 1 aromatic heterocycles. The fourth-order valence-electron chi connectivity index (χ4n) is 1.02. The van der Waals surface area contributed by atoms with E-state index in [2.05, 4.69) is 4.98 Å². The minimum atomic E-state index is 0.0194. The molecule has 0 aliphatic carbocycles. The number of nitriles is 1. The largest absolute Gasteiger partial charge is 0.344 e. The zero-order valence-corrected chi connectivity index (χ0v) is 9.91. The van der Waals surface area contributed by atoms with Gasteiger partial charge in [-0.2, -0.15) is 5.26 Å². The summed E-state index contributed by atoms with van der Waals surface area (Å²) in [5, 5.41) is 9.24.